The highest BCUT2D eigenvalue weighted by molar-refractivity contribution is 5.54. The first-order chi connectivity index (χ1) is 7.34. The van der Waals surface area contributed by atoms with Crippen LogP contribution in [0.1, 0.15) is 24.4 Å². The Kier molecular flexibility index (Phi) is 2.13. The summed E-state index contributed by atoms with van der Waals surface area (Å²) in [4.78, 5) is 2.44. The van der Waals surface area contributed by atoms with Gasteiger partial charge < -0.3 is 5.32 Å². The Morgan fingerprint density at radius 2 is 2.20 bits per heavy atom. The second kappa shape index (κ2) is 3.49. The molecule has 3 heteroatoms. The molecular weight excluding hydrogens is 191 g/mol. The van der Waals surface area contributed by atoms with Gasteiger partial charge in [0.2, 0.25) is 0 Å². The molecule has 1 saturated heterocycles. The van der Waals surface area contributed by atoms with E-state index >= 15 is 0 Å². The van der Waals surface area contributed by atoms with Gasteiger partial charge in [-0.2, -0.15) is 0 Å². The predicted octanol–water partition coefficient (Wildman–Crippen LogP) is 2.39. The summed E-state index contributed by atoms with van der Waals surface area (Å²) in [5.74, 6) is -0.122. The average Bonchev–Trinajstić information content (AvgIpc) is 2.16. The second-order valence-corrected chi connectivity index (χ2v) is 4.35. The van der Waals surface area contributed by atoms with Crippen LogP contribution >= 0.6 is 0 Å². The van der Waals surface area contributed by atoms with Gasteiger partial charge in [0.05, 0.1) is 0 Å². The molecule has 2 nitrogen and oxygen atoms in total. The zero-order chi connectivity index (χ0) is 10.3. The third-order valence-electron chi connectivity index (χ3n) is 3.44. The first-order valence-electron chi connectivity index (χ1n) is 5.62. The molecule has 15 heavy (non-hydrogen) atoms. The van der Waals surface area contributed by atoms with Gasteiger partial charge in [-0.05, 0) is 49.7 Å². The lowest BCUT2D eigenvalue weighted by molar-refractivity contribution is 0.112. The molecular formula is C12H15FN2. The van der Waals surface area contributed by atoms with Gasteiger partial charge in [0, 0.05) is 18.3 Å². The largest absolute Gasteiger partial charge is 0.385 e. The summed E-state index contributed by atoms with van der Waals surface area (Å²) in [5, 5.41) is 3.33. The maximum absolute atomic E-state index is 13.2. The number of hydrogen-bond donors (Lipinski definition) is 1. The van der Waals surface area contributed by atoms with Crippen LogP contribution in [0.4, 0.5) is 10.1 Å². The number of benzene rings is 1. The number of rotatable bonds is 1. The molecule has 0 bridgehead atoms. The van der Waals surface area contributed by atoms with Crippen LogP contribution < -0.4 is 5.32 Å². The molecule has 1 aromatic carbocycles. The van der Waals surface area contributed by atoms with Gasteiger partial charge in [0.15, 0.2) is 0 Å². The number of halogens is 1. The van der Waals surface area contributed by atoms with E-state index in [1.165, 1.54) is 25.6 Å². The molecule has 1 N–H and O–H groups in total. The Bertz CT molecular complexity index is 374. The molecule has 2 aliphatic heterocycles. The SMILES string of the molecule is Fc1ccc2c(c1)C(N1CCC1)CCN2. The van der Waals surface area contributed by atoms with E-state index in [0.29, 0.717) is 6.04 Å². The van der Waals surface area contributed by atoms with Gasteiger partial charge in [-0.1, -0.05) is 0 Å². The summed E-state index contributed by atoms with van der Waals surface area (Å²) in [7, 11) is 0. The van der Waals surface area contributed by atoms with Crippen molar-refractivity contribution in [2.45, 2.75) is 18.9 Å². The van der Waals surface area contributed by atoms with Gasteiger partial charge >= 0.3 is 0 Å². The van der Waals surface area contributed by atoms with Crippen molar-refractivity contribution in [1.29, 1.82) is 0 Å². The molecule has 0 aromatic heterocycles. The fraction of sp³-hybridized carbons (Fsp3) is 0.500. The van der Waals surface area contributed by atoms with Crippen LogP contribution in [0.5, 0.6) is 0 Å². The van der Waals surface area contributed by atoms with E-state index < -0.39 is 0 Å². The number of nitrogens with zero attached hydrogens (tertiary/aromatic N) is 1. The van der Waals surface area contributed by atoms with E-state index in [1.54, 1.807) is 6.07 Å². The lowest BCUT2D eigenvalue weighted by Crippen LogP contribution is -2.42. The number of likely N-dealkylation sites (tertiary alicyclic amines) is 1. The van der Waals surface area contributed by atoms with Crippen LogP contribution in [0.25, 0.3) is 0 Å². The zero-order valence-corrected chi connectivity index (χ0v) is 8.67. The van der Waals surface area contributed by atoms with Crippen LogP contribution in [0.15, 0.2) is 18.2 Å². The summed E-state index contributed by atoms with van der Waals surface area (Å²) in [6.45, 7) is 3.33. The van der Waals surface area contributed by atoms with Gasteiger partial charge in [-0.25, -0.2) is 4.39 Å². The Hall–Kier alpha value is -1.09. The van der Waals surface area contributed by atoms with Crippen molar-refractivity contribution in [2.75, 3.05) is 25.0 Å². The molecule has 0 spiro atoms. The Labute approximate surface area is 89.1 Å². The summed E-state index contributed by atoms with van der Waals surface area (Å²) in [5.41, 5.74) is 2.25. The van der Waals surface area contributed by atoms with Gasteiger partial charge in [-0.15, -0.1) is 0 Å². The third-order valence-corrected chi connectivity index (χ3v) is 3.44. The standard InChI is InChI=1S/C12H15FN2/c13-9-2-3-11-10(8-9)12(4-5-14-11)15-6-1-7-15/h2-3,8,12,14H,1,4-7H2. The molecule has 3 rings (SSSR count). The maximum Gasteiger partial charge on any atom is 0.123 e. The van der Waals surface area contributed by atoms with E-state index in [-0.39, 0.29) is 5.82 Å². The van der Waals surface area contributed by atoms with E-state index in [4.69, 9.17) is 0 Å². The summed E-state index contributed by atoms with van der Waals surface area (Å²) in [6.07, 6.45) is 2.38. The van der Waals surface area contributed by atoms with Crippen LogP contribution in [0, 0.1) is 5.82 Å². The number of fused-ring (bicyclic) bond motifs is 1. The third kappa shape index (κ3) is 1.51. The smallest absolute Gasteiger partial charge is 0.123 e. The number of hydrogen-bond acceptors (Lipinski definition) is 2. The molecule has 1 atom stereocenters. The molecule has 2 aliphatic rings. The fourth-order valence-corrected chi connectivity index (χ4v) is 2.50. The van der Waals surface area contributed by atoms with Crippen LogP contribution in [-0.2, 0) is 0 Å². The summed E-state index contributed by atoms with van der Waals surface area (Å²) in [6, 6.07) is 5.51. The first-order valence-corrected chi connectivity index (χ1v) is 5.62. The molecule has 80 valence electrons. The van der Waals surface area contributed by atoms with Crippen molar-refractivity contribution >= 4 is 5.69 Å². The monoisotopic (exact) mass is 206 g/mol. The minimum Gasteiger partial charge on any atom is -0.385 e. The van der Waals surface area contributed by atoms with E-state index in [1.807, 2.05) is 6.07 Å². The van der Waals surface area contributed by atoms with E-state index in [0.717, 1.165) is 24.2 Å². The molecule has 1 unspecified atom stereocenters. The molecule has 2 heterocycles. The second-order valence-electron chi connectivity index (χ2n) is 4.35. The normalized spacial score (nSPS) is 25.3. The Balaban J connectivity index is 1.96. The average molecular weight is 206 g/mol. The van der Waals surface area contributed by atoms with Gasteiger partial charge in [0.1, 0.15) is 5.82 Å². The van der Waals surface area contributed by atoms with Crippen LogP contribution in [0.2, 0.25) is 0 Å². The lowest BCUT2D eigenvalue weighted by Gasteiger charge is -2.41. The summed E-state index contributed by atoms with van der Waals surface area (Å²) < 4.78 is 13.2. The Morgan fingerprint density at radius 3 is 2.93 bits per heavy atom. The topological polar surface area (TPSA) is 15.3 Å². The van der Waals surface area contributed by atoms with Crippen molar-refractivity contribution in [3.05, 3.63) is 29.6 Å². The molecule has 0 amide bonds. The van der Waals surface area contributed by atoms with Crippen molar-refractivity contribution in [3.63, 3.8) is 0 Å². The zero-order valence-electron chi connectivity index (χ0n) is 8.67. The Morgan fingerprint density at radius 1 is 1.33 bits per heavy atom. The van der Waals surface area contributed by atoms with Crippen LogP contribution in [-0.4, -0.2) is 24.5 Å². The highest BCUT2D eigenvalue weighted by atomic mass is 19.1. The van der Waals surface area contributed by atoms with Crippen LogP contribution in [0.3, 0.4) is 0 Å². The van der Waals surface area contributed by atoms with Gasteiger partial charge in [-0.3, -0.25) is 4.90 Å². The first kappa shape index (κ1) is 9.16. The molecule has 0 saturated carbocycles. The van der Waals surface area contributed by atoms with Crippen molar-refractivity contribution in [2.24, 2.45) is 0 Å². The lowest BCUT2D eigenvalue weighted by atomic mass is 9.94. The summed E-state index contributed by atoms with van der Waals surface area (Å²) >= 11 is 0. The quantitative estimate of drug-likeness (QED) is 0.759. The number of anilines is 1. The molecule has 1 aromatic rings. The molecule has 0 aliphatic carbocycles. The van der Waals surface area contributed by atoms with Crippen molar-refractivity contribution < 1.29 is 4.39 Å². The van der Waals surface area contributed by atoms with E-state index in [9.17, 15) is 4.39 Å². The molecule has 0 radical (unpaired) electrons. The van der Waals surface area contributed by atoms with Crippen molar-refractivity contribution in [3.8, 4) is 0 Å². The van der Waals surface area contributed by atoms with Crippen molar-refractivity contribution in [1.82, 2.24) is 4.90 Å². The minimum atomic E-state index is -0.122. The molecule has 1 fully saturated rings. The fourth-order valence-electron chi connectivity index (χ4n) is 2.50. The highest BCUT2D eigenvalue weighted by Gasteiger charge is 2.29. The van der Waals surface area contributed by atoms with E-state index in [2.05, 4.69) is 10.2 Å². The predicted molar refractivity (Wildman–Crippen MR) is 58.4 cm³/mol. The van der Waals surface area contributed by atoms with Gasteiger partial charge in [0.25, 0.3) is 0 Å². The highest BCUT2D eigenvalue weighted by Crippen LogP contribution is 2.36. The number of nitrogens with one attached hydrogen (secondary N) is 1. The minimum absolute atomic E-state index is 0.122. The maximum atomic E-state index is 13.2.